The van der Waals surface area contributed by atoms with E-state index in [1.807, 2.05) is 24.6 Å². The molecule has 1 saturated carbocycles. The molecular formula is C15H17BrClN3. The standard InChI is InChI=1S/C15H17BrClN3/c1-9-15(16)10(2)20(19-9)13-6-3-11(14(17)7-13)8-18-12-4-5-12/h3,6-7,12,18H,4-5,8H2,1-2H3. The quantitative estimate of drug-likeness (QED) is 0.893. The van der Waals surface area contributed by atoms with Crippen molar-refractivity contribution in [2.75, 3.05) is 0 Å². The van der Waals surface area contributed by atoms with Crippen LogP contribution in [0.5, 0.6) is 0 Å². The van der Waals surface area contributed by atoms with Crippen LogP contribution in [0.2, 0.25) is 5.02 Å². The first kappa shape index (κ1) is 14.1. The predicted molar refractivity (Wildman–Crippen MR) is 85.6 cm³/mol. The summed E-state index contributed by atoms with van der Waals surface area (Å²) in [6.45, 7) is 4.87. The fourth-order valence-corrected chi connectivity index (χ4v) is 2.72. The minimum Gasteiger partial charge on any atom is -0.310 e. The molecule has 0 aliphatic heterocycles. The van der Waals surface area contributed by atoms with Gasteiger partial charge in [-0.25, -0.2) is 4.68 Å². The summed E-state index contributed by atoms with van der Waals surface area (Å²) in [7, 11) is 0. The fraction of sp³-hybridized carbons (Fsp3) is 0.400. The van der Waals surface area contributed by atoms with E-state index in [4.69, 9.17) is 11.6 Å². The first-order chi connectivity index (χ1) is 9.56. The highest BCUT2D eigenvalue weighted by Gasteiger charge is 2.20. The maximum Gasteiger partial charge on any atom is 0.0743 e. The molecule has 1 fully saturated rings. The first-order valence-corrected chi connectivity index (χ1v) is 7.97. The van der Waals surface area contributed by atoms with E-state index in [9.17, 15) is 0 Å². The molecule has 3 nitrogen and oxygen atoms in total. The Kier molecular flexibility index (Phi) is 3.89. The van der Waals surface area contributed by atoms with Crippen molar-refractivity contribution in [1.29, 1.82) is 0 Å². The number of rotatable bonds is 4. The highest BCUT2D eigenvalue weighted by atomic mass is 79.9. The van der Waals surface area contributed by atoms with E-state index in [1.54, 1.807) is 0 Å². The van der Waals surface area contributed by atoms with Gasteiger partial charge in [-0.1, -0.05) is 17.7 Å². The van der Waals surface area contributed by atoms with E-state index in [0.717, 1.165) is 38.7 Å². The van der Waals surface area contributed by atoms with Gasteiger partial charge >= 0.3 is 0 Å². The van der Waals surface area contributed by atoms with Gasteiger partial charge in [0.25, 0.3) is 0 Å². The Hall–Kier alpha value is -0.840. The van der Waals surface area contributed by atoms with Gasteiger partial charge in [-0.15, -0.1) is 0 Å². The zero-order valence-electron chi connectivity index (χ0n) is 11.6. The van der Waals surface area contributed by atoms with Crippen molar-refractivity contribution in [2.24, 2.45) is 0 Å². The van der Waals surface area contributed by atoms with Gasteiger partial charge < -0.3 is 5.32 Å². The Balaban J connectivity index is 1.86. The molecule has 0 unspecified atom stereocenters. The topological polar surface area (TPSA) is 29.9 Å². The Morgan fingerprint density at radius 1 is 1.40 bits per heavy atom. The van der Waals surface area contributed by atoms with Crippen molar-refractivity contribution in [1.82, 2.24) is 15.1 Å². The Labute approximate surface area is 132 Å². The summed E-state index contributed by atoms with van der Waals surface area (Å²) in [5.41, 5.74) is 4.21. The van der Waals surface area contributed by atoms with Gasteiger partial charge in [0.2, 0.25) is 0 Å². The van der Waals surface area contributed by atoms with Crippen LogP contribution in [0, 0.1) is 13.8 Å². The minimum atomic E-state index is 0.692. The summed E-state index contributed by atoms with van der Waals surface area (Å²) in [5.74, 6) is 0. The summed E-state index contributed by atoms with van der Waals surface area (Å²) in [4.78, 5) is 0. The first-order valence-electron chi connectivity index (χ1n) is 6.80. The molecule has 1 aromatic heterocycles. The molecule has 106 valence electrons. The van der Waals surface area contributed by atoms with Crippen molar-refractivity contribution in [2.45, 2.75) is 39.3 Å². The van der Waals surface area contributed by atoms with Crippen LogP contribution in [0.1, 0.15) is 29.8 Å². The molecule has 1 aromatic carbocycles. The molecule has 2 aromatic rings. The molecule has 0 radical (unpaired) electrons. The number of halogens is 2. The molecule has 0 saturated heterocycles. The summed E-state index contributed by atoms with van der Waals surface area (Å²) >= 11 is 9.94. The van der Waals surface area contributed by atoms with Gasteiger partial charge in [0.05, 0.1) is 21.5 Å². The van der Waals surface area contributed by atoms with E-state index in [2.05, 4.69) is 38.5 Å². The van der Waals surface area contributed by atoms with Crippen molar-refractivity contribution in [3.63, 3.8) is 0 Å². The molecule has 0 spiro atoms. The van der Waals surface area contributed by atoms with Gasteiger partial charge in [0.1, 0.15) is 0 Å². The molecule has 3 rings (SSSR count). The third-order valence-corrected chi connectivity index (χ3v) is 5.14. The SMILES string of the molecule is Cc1nn(-c2ccc(CNC3CC3)c(Cl)c2)c(C)c1Br. The second kappa shape index (κ2) is 5.51. The number of hydrogen-bond acceptors (Lipinski definition) is 2. The van der Waals surface area contributed by atoms with Crippen molar-refractivity contribution in [3.8, 4) is 5.69 Å². The third kappa shape index (κ3) is 2.78. The molecule has 1 N–H and O–H groups in total. The van der Waals surface area contributed by atoms with Gasteiger partial charge in [-0.3, -0.25) is 0 Å². The molecule has 1 heterocycles. The van der Waals surface area contributed by atoms with E-state index in [0.29, 0.717) is 6.04 Å². The highest BCUT2D eigenvalue weighted by Crippen LogP contribution is 2.26. The van der Waals surface area contributed by atoms with Crippen LogP contribution in [-0.4, -0.2) is 15.8 Å². The zero-order chi connectivity index (χ0) is 14.3. The summed E-state index contributed by atoms with van der Waals surface area (Å²) in [5, 5.41) is 8.80. The zero-order valence-corrected chi connectivity index (χ0v) is 13.9. The summed E-state index contributed by atoms with van der Waals surface area (Å²) < 4.78 is 2.97. The van der Waals surface area contributed by atoms with Gasteiger partial charge in [-0.05, 0) is 60.3 Å². The normalized spacial score (nSPS) is 14.8. The van der Waals surface area contributed by atoms with Gasteiger partial charge in [0.15, 0.2) is 0 Å². The number of aromatic nitrogens is 2. The maximum atomic E-state index is 6.39. The van der Waals surface area contributed by atoms with Crippen molar-refractivity contribution in [3.05, 3.63) is 44.6 Å². The molecule has 20 heavy (non-hydrogen) atoms. The van der Waals surface area contributed by atoms with Gasteiger partial charge in [0, 0.05) is 17.6 Å². The number of nitrogens with one attached hydrogen (secondary N) is 1. The number of aryl methyl sites for hydroxylation is 1. The third-order valence-electron chi connectivity index (χ3n) is 3.64. The second-order valence-electron chi connectivity index (χ2n) is 5.33. The minimum absolute atomic E-state index is 0.692. The molecule has 1 aliphatic carbocycles. The number of hydrogen-bond donors (Lipinski definition) is 1. The summed E-state index contributed by atoms with van der Waals surface area (Å²) in [6.07, 6.45) is 2.57. The van der Waals surface area contributed by atoms with Crippen LogP contribution < -0.4 is 5.32 Å². The van der Waals surface area contributed by atoms with Crippen LogP contribution >= 0.6 is 27.5 Å². The van der Waals surface area contributed by atoms with Crippen molar-refractivity contribution >= 4 is 27.5 Å². The Morgan fingerprint density at radius 3 is 2.70 bits per heavy atom. The number of nitrogens with zero attached hydrogens (tertiary/aromatic N) is 2. The van der Waals surface area contributed by atoms with E-state index in [1.165, 1.54) is 12.8 Å². The van der Waals surface area contributed by atoms with Crippen LogP contribution in [-0.2, 0) is 6.54 Å². The number of benzene rings is 1. The molecule has 0 bridgehead atoms. The van der Waals surface area contributed by atoms with Crippen LogP contribution in [0.15, 0.2) is 22.7 Å². The lowest BCUT2D eigenvalue weighted by Crippen LogP contribution is -2.15. The lowest BCUT2D eigenvalue weighted by atomic mass is 10.2. The molecule has 0 amide bonds. The fourth-order valence-electron chi connectivity index (χ4n) is 2.23. The van der Waals surface area contributed by atoms with E-state index in [-0.39, 0.29) is 0 Å². The molecular weight excluding hydrogens is 338 g/mol. The van der Waals surface area contributed by atoms with E-state index < -0.39 is 0 Å². The molecule has 1 aliphatic rings. The smallest absolute Gasteiger partial charge is 0.0743 e. The van der Waals surface area contributed by atoms with Gasteiger partial charge in [-0.2, -0.15) is 5.10 Å². The second-order valence-corrected chi connectivity index (χ2v) is 6.53. The van der Waals surface area contributed by atoms with Crippen LogP contribution in [0.3, 0.4) is 0 Å². The summed E-state index contributed by atoms with van der Waals surface area (Å²) in [6, 6.07) is 6.83. The molecule has 5 heteroatoms. The Morgan fingerprint density at radius 2 is 2.15 bits per heavy atom. The lowest BCUT2D eigenvalue weighted by Gasteiger charge is -2.09. The highest BCUT2D eigenvalue weighted by molar-refractivity contribution is 9.10. The Bertz CT molecular complexity index is 647. The maximum absolute atomic E-state index is 6.39. The molecule has 0 atom stereocenters. The monoisotopic (exact) mass is 353 g/mol. The lowest BCUT2D eigenvalue weighted by molar-refractivity contribution is 0.687. The van der Waals surface area contributed by atoms with Crippen molar-refractivity contribution < 1.29 is 0 Å². The largest absolute Gasteiger partial charge is 0.310 e. The van der Waals surface area contributed by atoms with Crippen LogP contribution in [0.25, 0.3) is 5.69 Å². The van der Waals surface area contributed by atoms with E-state index >= 15 is 0 Å². The average Bonchev–Trinajstić information content (AvgIpc) is 3.21. The average molecular weight is 355 g/mol. The predicted octanol–water partition coefficient (Wildman–Crippen LogP) is 4.16. The van der Waals surface area contributed by atoms with Crippen LogP contribution in [0.4, 0.5) is 0 Å².